The molecular formula is C52H59N4O14S4-3. The number of amides is 1. The van der Waals surface area contributed by atoms with Crippen LogP contribution in [-0.2, 0) is 55.3 Å². The molecule has 2 fully saturated rings. The summed E-state index contributed by atoms with van der Waals surface area (Å²) in [4.78, 5) is 18.9. The molecule has 1 aliphatic carbocycles. The monoisotopic (exact) mass is 1090 g/mol. The molecule has 1 saturated heterocycles. The smallest absolute Gasteiger partial charge is 0.410 e. The maximum absolute atomic E-state index is 12.9. The molecule has 3 heterocycles. The normalized spacial score (nSPS) is 20.9. The second-order valence-electron chi connectivity index (χ2n) is 20.1. The zero-order valence-electron chi connectivity index (χ0n) is 42.2. The summed E-state index contributed by atoms with van der Waals surface area (Å²) in [6, 6.07) is 17.4. The Bertz CT molecular complexity index is 3410. The molecule has 4 aromatic rings. The van der Waals surface area contributed by atoms with Gasteiger partial charge in [-0.15, -0.1) is 0 Å². The highest BCUT2D eigenvalue weighted by Gasteiger charge is 2.44. The summed E-state index contributed by atoms with van der Waals surface area (Å²) >= 11 is 0.785. The maximum Gasteiger partial charge on any atom is 0.410 e. The van der Waals surface area contributed by atoms with Gasteiger partial charge in [-0.05, 0) is 128 Å². The van der Waals surface area contributed by atoms with E-state index in [0.29, 0.717) is 54.7 Å². The molecule has 2 atom stereocenters. The molecule has 0 N–H and O–H groups in total. The van der Waals surface area contributed by atoms with Gasteiger partial charge in [-0.2, -0.15) is 4.33 Å². The molecule has 4 aliphatic rings. The van der Waals surface area contributed by atoms with E-state index in [-0.39, 0.29) is 43.5 Å². The number of hydrogen-bond acceptors (Lipinski definition) is 17. The van der Waals surface area contributed by atoms with Crippen molar-refractivity contribution in [3.63, 3.8) is 0 Å². The molecule has 0 bridgehead atoms. The molecule has 0 aromatic heterocycles. The summed E-state index contributed by atoms with van der Waals surface area (Å²) in [7, 11) is -13.9. The lowest BCUT2D eigenvalue weighted by Gasteiger charge is -2.28. The molecule has 1 saturated carbocycles. The fraction of sp³-hybridized carbons (Fsp3) is 0.423. The average Bonchev–Trinajstić information content (AvgIpc) is 3.92. The molecule has 4 aromatic carbocycles. The van der Waals surface area contributed by atoms with E-state index >= 15 is 0 Å². The molecule has 0 radical (unpaired) electrons. The largest absolute Gasteiger partial charge is 0.748 e. The van der Waals surface area contributed by atoms with Crippen LogP contribution in [0.2, 0.25) is 0 Å². The molecule has 1 amide bonds. The summed E-state index contributed by atoms with van der Waals surface area (Å²) in [5.41, 5.74) is 6.68. The number of fused-ring (bicyclic) bond motifs is 6. The third kappa shape index (κ3) is 10.9. The Kier molecular flexibility index (Phi) is 15.7. The summed E-state index contributed by atoms with van der Waals surface area (Å²) in [5, 5.41) is 14.9. The topological polar surface area (TPSA) is 252 Å². The van der Waals surface area contributed by atoms with Crippen molar-refractivity contribution in [2.45, 2.75) is 105 Å². The summed E-state index contributed by atoms with van der Waals surface area (Å²) < 4.78 is 121. The Morgan fingerprint density at radius 2 is 1.20 bits per heavy atom. The number of carbonyl (C=O) groups excluding carboxylic acids is 1. The first-order valence-electron chi connectivity index (χ1n) is 24.3. The van der Waals surface area contributed by atoms with Crippen LogP contribution in [0.5, 0.6) is 0 Å². The number of anilines is 2. The van der Waals surface area contributed by atoms with Gasteiger partial charge >= 0.3 is 6.09 Å². The highest BCUT2D eigenvalue weighted by molar-refractivity contribution is 7.94. The number of ether oxygens (including phenoxy) is 1. The van der Waals surface area contributed by atoms with E-state index in [2.05, 4.69) is 50.9 Å². The van der Waals surface area contributed by atoms with E-state index in [4.69, 9.17) is 4.74 Å². The SMILES string of the molecule is CCOC(=O)N1CC[N+](=C2/C(=C/C=C3/N(CCC(C)S(=O)(=O)[O-])c4ccc5cc(SOO[O-])ccc5c4C3(C)C)CC/C2=C\C=C2\N(CCC(C)S(=O)(=O)[O-])c3ccc4cc(S(=O)(=O)[O-])ccc4c3C2(C)C)CC1. The van der Waals surface area contributed by atoms with Crippen LogP contribution in [0, 0.1) is 0 Å². The van der Waals surface area contributed by atoms with Crippen molar-refractivity contribution >= 4 is 87.1 Å². The first-order valence-corrected chi connectivity index (χ1v) is 29.4. The number of benzene rings is 4. The molecule has 74 heavy (non-hydrogen) atoms. The third-order valence-corrected chi connectivity index (χ3v) is 18.7. The number of allylic oxidation sites excluding steroid dienone is 8. The predicted molar refractivity (Wildman–Crippen MR) is 277 cm³/mol. The molecule has 2 unspecified atom stereocenters. The van der Waals surface area contributed by atoms with Crippen molar-refractivity contribution in [1.82, 2.24) is 4.90 Å². The van der Waals surface area contributed by atoms with Crippen LogP contribution >= 0.6 is 12.0 Å². The van der Waals surface area contributed by atoms with Gasteiger partial charge in [0.1, 0.15) is 10.1 Å². The quantitative estimate of drug-likeness (QED) is 0.0381. The van der Waals surface area contributed by atoms with Gasteiger partial charge < -0.3 is 33.5 Å². The van der Waals surface area contributed by atoms with Gasteiger partial charge in [-0.1, -0.05) is 64.1 Å². The van der Waals surface area contributed by atoms with Crippen molar-refractivity contribution in [1.29, 1.82) is 0 Å². The second kappa shape index (κ2) is 21.1. The lowest BCUT2D eigenvalue weighted by molar-refractivity contribution is -0.777. The number of piperazine rings is 1. The van der Waals surface area contributed by atoms with E-state index in [0.717, 1.165) is 73.6 Å². The second-order valence-corrected chi connectivity index (χ2v) is 25.8. The average molecular weight is 1090 g/mol. The lowest BCUT2D eigenvalue weighted by atomic mass is 9.81. The van der Waals surface area contributed by atoms with Crippen LogP contribution in [0.4, 0.5) is 16.2 Å². The Morgan fingerprint density at radius 3 is 1.66 bits per heavy atom. The van der Waals surface area contributed by atoms with Crippen LogP contribution in [0.3, 0.4) is 0 Å². The number of hydrogen-bond donors (Lipinski definition) is 0. The van der Waals surface area contributed by atoms with Gasteiger partial charge in [0, 0.05) is 73.2 Å². The Hall–Kier alpha value is -5.14. The van der Waals surface area contributed by atoms with Gasteiger partial charge in [0.05, 0.1) is 56.9 Å². The standard InChI is InChI=1S/C52H62N4O14S4/c1-8-68-50(57)54-29-27-53(28-30-54)49-35(13-21-45-51(4,5)47-41-17-15-39(71-70-69-58)31-37(41)11-19-43(47)55(45)25-23-33(2)72(59,60)61)9-10-36(49)14-22-46-52(6,7)48-42-18-16-40(74(65,66)67)32-38(42)12-20-44(48)56(46)26-24-34(3)73(62,63)64/h11-22,31-34H,8-10,23-30H2,1-7H3,(H3-,58,59,60,61,62,63,64,65,66,67)/p-3. The minimum Gasteiger partial charge on any atom is -0.748 e. The number of nitrogens with zero attached hydrogens (tertiary/aromatic N) is 4. The van der Waals surface area contributed by atoms with Crippen LogP contribution in [0.25, 0.3) is 21.5 Å². The Balaban J connectivity index is 1.25. The Labute approximate surface area is 437 Å². The minimum atomic E-state index is -4.74. The summed E-state index contributed by atoms with van der Waals surface area (Å²) in [5.74, 6) is 0. The first kappa shape index (κ1) is 55.1. The molecule has 8 rings (SSSR count). The van der Waals surface area contributed by atoms with Crippen molar-refractivity contribution < 1.29 is 67.6 Å². The van der Waals surface area contributed by atoms with Gasteiger partial charge in [0.15, 0.2) is 13.1 Å². The van der Waals surface area contributed by atoms with Crippen molar-refractivity contribution in [2.75, 3.05) is 55.7 Å². The van der Waals surface area contributed by atoms with E-state index < -0.39 is 51.7 Å². The van der Waals surface area contributed by atoms with Crippen molar-refractivity contribution in [2.24, 2.45) is 0 Å². The molecule has 398 valence electrons. The summed E-state index contributed by atoms with van der Waals surface area (Å²) in [6.07, 6.45) is 9.20. The Morgan fingerprint density at radius 1 is 0.716 bits per heavy atom. The van der Waals surface area contributed by atoms with Crippen molar-refractivity contribution in [3.8, 4) is 0 Å². The van der Waals surface area contributed by atoms with Crippen LogP contribution in [0.15, 0.2) is 117 Å². The van der Waals surface area contributed by atoms with Crippen LogP contribution in [-0.4, -0.2) is 117 Å². The van der Waals surface area contributed by atoms with Gasteiger partial charge in [0.2, 0.25) is 5.71 Å². The zero-order valence-corrected chi connectivity index (χ0v) is 45.4. The number of rotatable bonds is 15. The van der Waals surface area contributed by atoms with E-state index in [1.807, 2.05) is 61.2 Å². The van der Waals surface area contributed by atoms with Gasteiger partial charge in [-0.25, -0.2) is 34.6 Å². The van der Waals surface area contributed by atoms with Gasteiger partial charge in [-0.3, -0.25) is 9.94 Å². The molecular weight excluding hydrogens is 1030 g/mol. The first-order chi connectivity index (χ1) is 34.8. The lowest BCUT2D eigenvalue weighted by Crippen LogP contribution is -2.47. The zero-order chi connectivity index (χ0) is 53.7. The number of carbonyl (C=O) groups is 1. The van der Waals surface area contributed by atoms with Gasteiger partial charge in [0.25, 0.3) is 0 Å². The maximum atomic E-state index is 12.9. The fourth-order valence-electron chi connectivity index (χ4n) is 10.9. The highest BCUT2D eigenvalue weighted by Crippen LogP contribution is 2.53. The van der Waals surface area contributed by atoms with E-state index in [1.165, 1.54) is 26.0 Å². The van der Waals surface area contributed by atoms with Crippen LogP contribution in [0.1, 0.15) is 85.3 Å². The molecule has 22 heteroatoms. The minimum absolute atomic E-state index is 0.0238. The van der Waals surface area contributed by atoms with Crippen LogP contribution < -0.4 is 15.1 Å². The van der Waals surface area contributed by atoms with E-state index in [1.54, 1.807) is 24.0 Å². The molecule has 0 spiro atoms. The molecule has 3 aliphatic heterocycles. The van der Waals surface area contributed by atoms with Crippen molar-refractivity contribution in [3.05, 3.63) is 119 Å². The summed E-state index contributed by atoms with van der Waals surface area (Å²) in [6.45, 7) is 15.3. The fourth-order valence-corrected chi connectivity index (χ4v) is 12.6. The third-order valence-electron chi connectivity index (χ3n) is 14.9. The highest BCUT2D eigenvalue weighted by atomic mass is 32.2. The molecule has 18 nitrogen and oxygen atoms in total. The predicted octanol–water partition coefficient (Wildman–Crippen LogP) is 7.01. The van der Waals surface area contributed by atoms with E-state index in [9.17, 15) is 49.0 Å².